The Morgan fingerprint density at radius 3 is 2.08 bits per heavy atom. The number of esters is 1. The number of Topliss-reactive ketones (excluding diaryl/α,β-unsaturated/α-hetero) is 1. The summed E-state index contributed by atoms with van der Waals surface area (Å²) in [5.74, 6) is 1.70. The van der Waals surface area contributed by atoms with Gasteiger partial charge in [-0.15, -0.1) is 0 Å². The Morgan fingerprint density at radius 1 is 1.08 bits per heavy atom. The SMILES string of the molecule is C[C@H](OC(=O)c1ccc(C#N)cc1)C(=O)C12CC3CC(CC(C3)C1)C2. The molecule has 0 radical (unpaired) electrons. The van der Waals surface area contributed by atoms with Crippen LogP contribution in [0.25, 0.3) is 0 Å². The van der Waals surface area contributed by atoms with E-state index in [0.717, 1.165) is 19.3 Å². The molecule has 5 rings (SSSR count). The molecule has 4 nitrogen and oxygen atoms in total. The molecule has 25 heavy (non-hydrogen) atoms. The van der Waals surface area contributed by atoms with E-state index in [4.69, 9.17) is 10.00 Å². The van der Waals surface area contributed by atoms with Gasteiger partial charge in [-0.2, -0.15) is 5.26 Å². The van der Waals surface area contributed by atoms with Gasteiger partial charge in [0.15, 0.2) is 11.9 Å². The van der Waals surface area contributed by atoms with Crippen LogP contribution in [-0.4, -0.2) is 17.9 Å². The van der Waals surface area contributed by atoms with Crippen LogP contribution >= 0.6 is 0 Å². The molecule has 1 aromatic carbocycles. The molecule has 0 amide bonds. The van der Waals surface area contributed by atoms with Crippen molar-refractivity contribution in [3.8, 4) is 6.07 Å². The summed E-state index contributed by atoms with van der Waals surface area (Å²) >= 11 is 0. The van der Waals surface area contributed by atoms with Gasteiger partial charge in [-0.1, -0.05) is 0 Å². The van der Waals surface area contributed by atoms with Crippen molar-refractivity contribution in [1.82, 2.24) is 0 Å². The van der Waals surface area contributed by atoms with Crippen LogP contribution in [-0.2, 0) is 9.53 Å². The van der Waals surface area contributed by atoms with Gasteiger partial charge in [0, 0.05) is 5.41 Å². The van der Waals surface area contributed by atoms with Crippen molar-refractivity contribution >= 4 is 11.8 Å². The number of hydrogen-bond acceptors (Lipinski definition) is 4. The van der Waals surface area contributed by atoms with Crippen LogP contribution in [0.5, 0.6) is 0 Å². The molecule has 4 aliphatic rings. The molecule has 1 atom stereocenters. The van der Waals surface area contributed by atoms with E-state index in [1.807, 2.05) is 6.07 Å². The Morgan fingerprint density at radius 2 is 1.60 bits per heavy atom. The Labute approximate surface area is 148 Å². The predicted molar refractivity (Wildman–Crippen MR) is 91.6 cm³/mol. The lowest BCUT2D eigenvalue weighted by Gasteiger charge is -2.56. The van der Waals surface area contributed by atoms with Crippen LogP contribution in [0.15, 0.2) is 24.3 Å². The highest BCUT2D eigenvalue weighted by molar-refractivity contribution is 5.94. The maximum Gasteiger partial charge on any atom is 0.338 e. The molecule has 4 aliphatic carbocycles. The molecule has 0 aromatic heterocycles. The topological polar surface area (TPSA) is 67.2 Å². The van der Waals surface area contributed by atoms with Crippen LogP contribution in [0.2, 0.25) is 0 Å². The third-order valence-corrected chi connectivity index (χ3v) is 6.46. The van der Waals surface area contributed by atoms with Gasteiger partial charge in [0.25, 0.3) is 0 Å². The summed E-state index contributed by atoms with van der Waals surface area (Å²) in [6.07, 6.45) is 6.09. The van der Waals surface area contributed by atoms with Gasteiger partial charge in [0.1, 0.15) is 0 Å². The van der Waals surface area contributed by atoms with E-state index in [0.29, 0.717) is 28.9 Å². The molecule has 0 saturated heterocycles. The summed E-state index contributed by atoms with van der Waals surface area (Å²) < 4.78 is 5.49. The standard InChI is InChI=1S/C21H23NO3/c1-13(25-20(24)18-4-2-14(12-22)3-5-18)19(23)21-9-15-6-16(10-21)8-17(7-15)11-21/h2-5,13,15-17H,6-11H2,1H3/t13-,15?,16?,17?,21?/m0/s1. The molecule has 1 aromatic rings. The van der Waals surface area contributed by atoms with Crippen LogP contribution in [0.1, 0.15) is 61.4 Å². The van der Waals surface area contributed by atoms with Crippen LogP contribution in [0.3, 0.4) is 0 Å². The van der Waals surface area contributed by atoms with Gasteiger partial charge in [-0.3, -0.25) is 4.79 Å². The summed E-state index contributed by atoms with van der Waals surface area (Å²) in [7, 11) is 0. The summed E-state index contributed by atoms with van der Waals surface area (Å²) in [6, 6.07) is 8.34. The highest BCUT2D eigenvalue weighted by Crippen LogP contribution is 2.60. The maximum atomic E-state index is 13.1. The van der Waals surface area contributed by atoms with E-state index < -0.39 is 12.1 Å². The summed E-state index contributed by atoms with van der Waals surface area (Å²) in [5.41, 5.74) is 0.623. The molecular weight excluding hydrogens is 314 g/mol. The normalized spacial score (nSPS) is 33.5. The van der Waals surface area contributed by atoms with Gasteiger partial charge in [0.05, 0.1) is 17.2 Å². The number of nitrogens with zero attached hydrogens (tertiary/aromatic N) is 1. The smallest absolute Gasteiger partial charge is 0.338 e. The second-order valence-corrected chi connectivity index (χ2v) is 8.30. The average Bonchev–Trinajstić information content (AvgIpc) is 2.60. The minimum Gasteiger partial charge on any atom is -0.451 e. The Balaban J connectivity index is 1.45. The molecule has 0 aliphatic heterocycles. The molecule has 4 heteroatoms. The Bertz CT molecular complexity index is 708. The number of ketones is 1. The first-order chi connectivity index (χ1) is 12.0. The van der Waals surface area contributed by atoms with E-state index in [1.165, 1.54) is 19.3 Å². The van der Waals surface area contributed by atoms with Crippen LogP contribution < -0.4 is 0 Å². The van der Waals surface area contributed by atoms with E-state index in [-0.39, 0.29) is 11.2 Å². The minimum absolute atomic E-state index is 0.119. The molecule has 0 heterocycles. The zero-order valence-electron chi connectivity index (χ0n) is 14.5. The first kappa shape index (κ1) is 16.3. The molecule has 4 fully saturated rings. The number of rotatable bonds is 4. The number of hydrogen-bond donors (Lipinski definition) is 0. The van der Waals surface area contributed by atoms with Crippen molar-refractivity contribution in [2.75, 3.05) is 0 Å². The van der Waals surface area contributed by atoms with E-state index in [9.17, 15) is 9.59 Å². The summed E-state index contributed by atoms with van der Waals surface area (Å²) in [6.45, 7) is 1.71. The maximum absolute atomic E-state index is 13.1. The lowest BCUT2D eigenvalue weighted by molar-refractivity contribution is -0.152. The minimum atomic E-state index is -0.709. The third kappa shape index (κ3) is 2.86. The molecular formula is C21H23NO3. The quantitative estimate of drug-likeness (QED) is 0.782. The number of ether oxygens (including phenoxy) is 1. The number of carbonyl (C=O) groups is 2. The van der Waals surface area contributed by atoms with Crippen LogP contribution in [0, 0.1) is 34.5 Å². The van der Waals surface area contributed by atoms with Gasteiger partial charge in [-0.25, -0.2) is 4.79 Å². The predicted octanol–water partition coefficient (Wildman–Crippen LogP) is 3.89. The second kappa shape index (κ2) is 5.98. The monoisotopic (exact) mass is 337 g/mol. The van der Waals surface area contributed by atoms with Crippen molar-refractivity contribution < 1.29 is 14.3 Å². The molecule has 4 bridgehead atoms. The fraction of sp³-hybridized carbons (Fsp3) is 0.571. The largest absolute Gasteiger partial charge is 0.451 e. The summed E-state index contributed by atoms with van der Waals surface area (Å²) in [5, 5.41) is 8.83. The number of benzene rings is 1. The molecule has 0 spiro atoms. The van der Waals surface area contributed by atoms with E-state index in [2.05, 4.69) is 0 Å². The van der Waals surface area contributed by atoms with Gasteiger partial charge >= 0.3 is 5.97 Å². The zero-order valence-corrected chi connectivity index (χ0v) is 14.5. The highest BCUT2D eigenvalue weighted by Gasteiger charge is 2.55. The summed E-state index contributed by atoms with van der Waals surface area (Å²) in [4.78, 5) is 25.5. The number of carbonyl (C=O) groups excluding carboxylic acids is 2. The van der Waals surface area contributed by atoms with Crippen molar-refractivity contribution in [2.45, 2.75) is 51.6 Å². The zero-order chi connectivity index (χ0) is 17.6. The number of nitriles is 1. The molecule has 0 unspecified atom stereocenters. The van der Waals surface area contributed by atoms with Crippen molar-refractivity contribution in [2.24, 2.45) is 23.2 Å². The van der Waals surface area contributed by atoms with Crippen molar-refractivity contribution in [3.63, 3.8) is 0 Å². The van der Waals surface area contributed by atoms with Crippen molar-refractivity contribution in [3.05, 3.63) is 35.4 Å². The third-order valence-electron chi connectivity index (χ3n) is 6.46. The van der Waals surface area contributed by atoms with E-state index >= 15 is 0 Å². The average molecular weight is 337 g/mol. The Kier molecular flexibility index (Phi) is 3.91. The fourth-order valence-corrected chi connectivity index (χ4v) is 5.81. The fourth-order valence-electron chi connectivity index (χ4n) is 5.81. The molecule has 130 valence electrons. The first-order valence-electron chi connectivity index (χ1n) is 9.24. The Hall–Kier alpha value is -2.15. The van der Waals surface area contributed by atoms with Gasteiger partial charge in [-0.05, 0) is 87.5 Å². The lowest BCUT2D eigenvalue weighted by Crippen LogP contribution is -2.52. The van der Waals surface area contributed by atoms with E-state index in [1.54, 1.807) is 31.2 Å². The second-order valence-electron chi connectivity index (χ2n) is 8.30. The first-order valence-corrected chi connectivity index (χ1v) is 9.24. The van der Waals surface area contributed by atoms with Gasteiger partial charge in [0.2, 0.25) is 0 Å². The van der Waals surface area contributed by atoms with Crippen molar-refractivity contribution in [1.29, 1.82) is 5.26 Å². The highest BCUT2D eigenvalue weighted by atomic mass is 16.5. The lowest BCUT2D eigenvalue weighted by atomic mass is 9.48. The van der Waals surface area contributed by atoms with Gasteiger partial charge < -0.3 is 4.74 Å². The molecule has 0 N–H and O–H groups in total. The van der Waals surface area contributed by atoms with Crippen LogP contribution in [0.4, 0.5) is 0 Å². The molecule has 4 saturated carbocycles.